The van der Waals surface area contributed by atoms with E-state index in [9.17, 15) is 9.59 Å². The van der Waals surface area contributed by atoms with Crippen molar-refractivity contribution < 1.29 is 14.3 Å². The second-order valence-corrected chi connectivity index (χ2v) is 6.93. The van der Waals surface area contributed by atoms with Crippen molar-refractivity contribution in [3.05, 3.63) is 66.2 Å². The molecule has 1 aliphatic carbocycles. The number of rotatable bonds is 6. The minimum Gasteiger partial charge on any atom is -0.446 e. The molecule has 2 aromatic carbocycles. The number of aryl methyl sites for hydroxylation is 1. The second-order valence-electron chi connectivity index (χ2n) is 6.93. The quantitative estimate of drug-likeness (QED) is 0.801. The number of anilines is 1. The van der Waals surface area contributed by atoms with Gasteiger partial charge in [-0.1, -0.05) is 48.5 Å². The number of carbonyl (C=O) groups is 2. The van der Waals surface area contributed by atoms with Crippen molar-refractivity contribution in [1.82, 2.24) is 5.32 Å². The van der Waals surface area contributed by atoms with Crippen LogP contribution in [0.15, 0.2) is 60.7 Å². The Morgan fingerprint density at radius 3 is 2.41 bits per heavy atom. The van der Waals surface area contributed by atoms with E-state index in [0.29, 0.717) is 18.5 Å². The van der Waals surface area contributed by atoms with Gasteiger partial charge < -0.3 is 10.1 Å². The molecule has 2 atom stereocenters. The van der Waals surface area contributed by atoms with Crippen LogP contribution in [0.1, 0.15) is 37.7 Å². The third kappa shape index (κ3) is 6.44. The van der Waals surface area contributed by atoms with Crippen LogP contribution in [0.5, 0.6) is 0 Å². The predicted molar refractivity (Wildman–Crippen MR) is 105 cm³/mol. The molecule has 3 rings (SSSR count). The zero-order valence-electron chi connectivity index (χ0n) is 15.4. The fourth-order valence-corrected chi connectivity index (χ4v) is 3.41. The summed E-state index contributed by atoms with van der Waals surface area (Å²) in [4.78, 5) is 24.3. The maximum atomic E-state index is 12.2. The summed E-state index contributed by atoms with van der Waals surface area (Å²) in [5.74, 6) is 0.0539. The molecule has 27 heavy (non-hydrogen) atoms. The van der Waals surface area contributed by atoms with Crippen molar-refractivity contribution in [2.45, 2.75) is 50.7 Å². The van der Waals surface area contributed by atoms with Crippen LogP contribution >= 0.6 is 0 Å². The van der Waals surface area contributed by atoms with E-state index in [4.69, 9.17) is 4.74 Å². The van der Waals surface area contributed by atoms with Crippen molar-refractivity contribution in [2.75, 3.05) is 5.32 Å². The summed E-state index contributed by atoms with van der Waals surface area (Å²) in [5, 5.41) is 5.83. The molecule has 2 aromatic rings. The Morgan fingerprint density at radius 2 is 1.67 bits per heavy atom. The van der Waals surface area contributed by atoms with E-state index in [0.717, 1.165) is 31.2 Å². The first kappa shape index (κ1) is 19.0. The summed E-state index contributed by atoms with van der Waals surface area (Å²) in [6.45, 7) is 0. The van der Waals surface area contributed by atoms with Crippen LogP contribution in [0.4, 0.5) is 10.5 Å². The lowest BCUT2D eigenvalue weighted by Crippen LogP contribution is -2.41. The highest BCUT2D eigenvalue weighted by molar-refractivity contribution is 5.84. The van der Waals surface area contributed by atoms with E-state index >= 15 is 0 Å². The van der Waals surface area contributed by atoms with Gasteiger partial charge in [-0.15, -0.1) is 0 Å². The molecule has 0 unspecified atom stereocenters. The fraction of sp³-hybridized carbons (Fsp3) is 0.364. The molecule has 1 aliphatic rings. The Bertz CT molecular complexity index is 734. The predicted octanol–water partition coefficient (Wildman–Crippen LogP) is 4.30. The number of para-hydroxylation sites is 1. The topological polar surface area (TPSA) is 67.4 Å². The molecule has 5 nitrogen and oxygen atoms in total. The minimum absolute atomic E-state index is 0.0539. The van der Waals surface area contributed by atoms with Gasteiger partial charge in [0.05, 0.1) is 0 Å². The molecule has 0 aromatic heterocycles. The van der Waals surface area contributed by atoms with E-state index in [-0.39, 0.29) is 18.1 Å². The van der Waals surface area contributed by atoms with Crippen molar-refractivity contribution in [1.29, 1.82) is 0 Å². The molecule has 0 spiro atoms. The number of carbonyl (C=O) groups excluding carboxylic acids is 2. The molecule has 2 amide bonds. The zero-order chi connectivity index (χ0) is 18.9. The number of hydrogen-bond acceptors (Lipinski definition) is 3. The summed E-state index contributed by atoms with van der Waals surface area (Å²) < 4.78 is 5.54. The van der Waals surface area contributed by atoms with Crippen molar-refractivity contribution >= 4 is 17.7 Å². The number of benzene rings is 2. The van der Waals surface area contributed by atoms with Crippen molar-refractivity contribution in [2.24, 2.45) is 0 Å². The molecule has 0 heterocycles. The average Bonchev–Trinajstić information content (AvgIpc) is 2.68. The molecule has 0 bridgehead atoms. The first-order chi connectivity index (χ1) is 13.2. The normalized spacial score (nSPS) is 19.1. The highest BCUT2D eigenvalue weighted by atomic mass is 16.6. The monoisotopic (exact) mass is 366 g/mol. The van der Waals surface area contributed by atoms with Gasteiger partial charge in [0, 0.05) is 24.6 Å². The van der Waals surface area contributed by atoms with Gasteiger partial charge in [0.2, 0.25) is 5.91 Å². The highest BCUT2D eigenvalue weighted by Gasteiger charge is 2.26. The van der Waals surface area contributed by atoms with Gasteiger partial charge in [0.25, 0.3) is 0 Å². The Kier molecular flexibility index (Phi) is 6.85. The first-order valence-electron chi connectivity index (χ1n) is 9.55. The Morgan fingerprint density at radius 1 is 0.963 bits per heavy atom. The molecule has 5 heteroatoms. The van der Waals surface area contributed by atoms with Gasteiger partial charge in [-0.2, -0.15) is 0 Å². The van der Waals surface area contributed by atoms with E-state index in [2.05, 4.69) is 10.6 Å². The third-order valence-electron chi connectivity index (χ3n) is 4.77. The maximum Gasteiger partial charge on any atom is 0.411 e. The smallest absolute Gasteiger partial charge is 0.411 e. The fourth-order valence-electron chi connectivity index (χ4n) is 3.41. The van der Waals surface area contributed by atoms with Crippen molar-refractivity contribution in [3.8, 4) is 0 Å². The second kappa shape index (κ2) is 9.76. The van der Waals surface area contributed by atoms with E-state index in [1.165, 1.54) is 0 Å². The van der Waals surface area contributed by atoms with Gasteiger partial charge in [-0.3, -0.25) is 10.1 Å². The largest absolute Gasteiger partial charge is 0.446 e. The lowest BCUT2D eigenvalue weighted by Gasteiger charge is -2.29. The lowest BCUT2D eigenvalue weighted by molar-refractivity contribution is -0.122. The Balaban J connectivity index is 1.40. The third-order valence-corrected chi connectivity index (χ3v) is 4.77. The highest BCUT2D eigenvalue weighted by Crippen LogP contribution is 2.22. The van der Waals surface area contributed by atoms with Gasteiger partial charge in [0.1, 0.15) is 6.10 Å². The van der Waals surface area contributed by atoms with Gasteiger partial charge >= 0.3 is 6.09 Å². The summed E-state index contributed by atoms with van der Waals surface area (Å²) in [6, 6.07) is 19.3. The standard InChI is InChI=1S/C22H26N2O3/c25-21(15-14-17-8-3-1-4-9-17)23-19-12-7-13-20(16-19)27-22(26)24-18-10-5-2-6-11-18/h1-6,8-11,19-20H,7,12-16H2,(H,23,25)(H,24,26)/t19-,20-/m0/s1. The summed E-state index contributed by atoms with van der Waals surface area (Å²) in [7, 11) is 0. The van der Waals surface area contributed by atoms with E-state index in [1.54, 1.807) is 0 Å². The lowest BCUT2D eigenvalue weighted by atomic mass is 9.92. The van der Waals surface area contributed by atoms with Crippen LogP contribution in [-0.4, -0.2) is 24.1 Å². The van der Waals surface area contributed by atoms with Gasteiger partial charge in [-0.05, 0) is 43.4 Å². The van der Waals surface area contributed by atoms with Crippen molar-refractivity contribution in [3.63, 3.8) is 0 Å². The molecule has 142 valence electrons. The molecule has 0 aliphatic heterocycles. The summed E-state index contributed by atoms with van der Waals surface area (Å²) >= 11 is 0. The van der Waals surface area contributed by atoms with Crippen LogP contribution in [0, 0.1) is 0 Å². The summed E-state index contributed by atoms with van der Waals surface area (Å²) in [5.41, 5.74) is 1.87. The molecule has 0 saturated heterocycles. The zero-order valence-corrected chi connectivity index (χ0v) is 15.4. The van der Waals surface area contributed by atoms with Crippen LogP contribution in [0.25, 0.3) is 0 Å². The first-order valence-corrected chi connectivity index (χ1v) is 9.55. The minimum atomic E-state index is -0.442. The number of nitrogens with one attached hydrogen (secondary N) is 2. The average molecular weight is 366 g/mol. The van der Waals surface area contributed by atoms with Gasteiger partial charge in [0.15, 0.2) is 0 Å². The number of hydrogen-bond donors (Lipinski definition) is 2. The number of ether oxygens (including phenoxy) is 1. The molecular weight excluding hydrogens is 340 g/mol. The summed E-state index contributed by atoms with van der Waals surface area (Å²) in [6.07, 6.45) is 3.96. The molecule has 1 saturated carbocycles. The SMILES string of the molecule is O=C(CCc1ccccc1)N[C@H]1CCC[C@H](OC(=O)Nc2ccccc2)C1. The van der Waals surface area contributed by atoms with Gasteiger partial charge in [-0.25, -0.2) is 4.79 Å². The molecule has 2 N–H and O–H groups in total. The number of amides is 2. The molecule has 1 fully saturated rings. The maximum absolute atomic E-state index is 12.2. The van der Waals surface area contributed by atoms with Crippen LogP contribution in [-0.2, 0) is 16.0 Å². The van der Waals surface area contributed by atoms with E-state index in [1.807, 2.05) is 60.7 Å². The van der Waals surface area contributed by atoms with Crippen LogP contribution in [0.2, 0.25) is 0 Å². The van der Waals surface area contributed by atoms with Crippen LogP contribution < -0.4 is 10.6 Å². The molecular formula is C22H26N2O3. The molecule has 0 radical (unpaired) electrons. The Hall–Kier alpha value is -2.82. The van der Waals surface area contributed by atoms with E-state index < -0.39 is 6.09 Å². The Labute approximate surface area is 160 Å². The van der Waals surface area contributed by atoms with Crippen LogP contribution in [0.3, 0.4) is 0 Å².